The van der Waals surface area contributed by atoms with Crippen LogP contribution in [0.5, 0.6) is 0 Å². The summed E-state index contributed by atoms with van der Waals surface area (Å²) in [4.78, 5) is 30.4. The molecule has 0 aliphatic heterocycles. The smallest absolute Gasteiger partial charge is 0.362 e. The fourth-order valence-electron chi connectivity index (χ4n) is 2.13. The third kappa shape index (κ3) is 3.60. The molecule has 0 aliphatic rings. The first-order valence-corrected chi connectivity index (χ1v) is 8.39. The average molecular weight is 366 g/mol. The number of hydrogen-bond acceptors (Lipinski definition) is 9. The summed E-state index contributed by atoms with van der Waals surface area (Å²) >= 11 is 1.37. The molecule has 130 valence electrons. The SMILES string of the molecule is CNc1nc(C)c(-c2nc(NOC(=O)c3ccccc3)ncc2C#N)s1. The molecule has 0 aliphatic carbocycles. The van der Waals surface area contributed by atoms with E-state index in [9.17, 15) is 10.1 Å². The molecule has 0 atom stereocenters. The van der Waals surface area contributed by atoms with Crippen LogP contribution in [0.4, 0.5) is 11.1 Å². The molecule has 0 radical (unpaired) electrons. The predicted molar refractivity (Wildman–Crippen MR) is 97.6 cm³/mol. The Balaban J connectivity index is 1.85. The van der Waals surface area contributed by atoms with Crippen molar-refractivity contribution in [3.63, 3.8) is 0 Å². The third-order valence-electron chi connectivity index (χ3n) is 3.38. The van der Waals surface area contributed by atoms with Crippen molar-refractivity contribution in [2.45, 2.75) is 6.92 Å². The van der Waals surface area contributed by atoms with Crippen molar-refractivity contribution in [3.8, 4) is 16.6 Å². The summed E-state index contributed by atoms with van der Waals surface area (Å²) in [6.07, 6.45) is 1.37. The second-order valence-electron chi connectivity index (χ2n) is 5.11. The monoisotopic (exact) mass is 366 g/mol. The van der Waals surface area contributed by atoms with Gasteiger partial charge < -0.3 is 10.2 Å². The Morgan fingerprint density at radius 3 is 2.69 bits per heavy atom. The van der Waals surface area contributed by atoms with Crippen LogP contribution < -0.4 is 10.8 Å². The molecule has 1 aromatic carbocycles. The minimum absolute atomic E-state index is 0.0714. The number of hydrogen-bond donors (Lipinski definition) is 2. The number of anilines is 2. The number of thiazole rings is 1. The van der Waals surface area contributed by atoms with Crippen molar-refractivity contribution in [1.82, 2.24) is 15.0 Å². The number of rotatable bonds is 5. The topological polar surface area (TPSA) is 113 Å². The lowest BCUT2D eigenvalue weighted by molar-refractivity contribution is 0.0593. The average Bonchev–Trinajstić information content (AvgIpc) is 3.07. The van der Waals surface area contributed by atoms with E-state index in [1.165, 1.54) is 17.5 Å². The van der Waals surface area contributed by atoms with Crippen LogP contribution in [0.1, 0.15) is 21.6 Å². The first kappa shape index (κ1) is 17.3. The molecule has 0 unspecified atom stereocenters. The van der Waals surface area contributed by atoms with Crippen LogP contribution in [0.3, 0.4) is 0 Å². The van der Waals surface area contributed by atoms with Crippen molar-refractivity contribution in [2.75, 3.05) is 17.8 Å². The lowest BCUT2D eigenvalue weighted by Crippen LogP contribution is -2.13. The van der Waals surface area contributed by atoms with E-state index < -0.39 is 5.97 Å². The molecule has 0 saturated heterocycles. The van der Waals surface area contributed by atoms with Gasteiger partial charge in [0.2, 0.25) is 0 Å². The number of nitriles is 1. The Bertz CT molecular complexity index is 981. The van der Waals surface area contributed by atoms with E-state index in [0.29, 0.717) is 22.0 Å². The summed E-state index contributed by atoms with van der Waals surface area (Å²) in [5, 5.41) is 13.0. The van der Waals surface area contributed by atoms with Crippen molar-refractivity contribution >= 4 is 28.4 Å². The van der Waals surface area contributed by atoms with Crippen LogP contribution in [0.25, 0.3) is 10.6 Å². The molecule has 0 saturated carbocycles. The van der Waals surface area contributed by atoms with Gasteiger partial charge in [0.25, 0.3) is 5.95 Å². The molecule has 2 N–H and O–H groups in total. The number of benzene rings is 1. The first-order chi connectivity index (χ1) is 12.6. The molecule has 0 amide bonds. The molecule has 2 aromatic heterocycles. The molecule has 2 heterocycles. The Hall–Kier alpha value is -3.51. The molecule has 0 bridgehead atoms. The van der Waals surface area contributed by atoms with Crippen LogP contribution in [0, 0.1) is 18.3 Å². The lowest BCUT2D eigenvalue weighted by Gasteiger charge is -2.07. The Morgan fingerprint density at radius 2 is 2.04 bits per heavy atom. The van der Waals surface area contributed by atoms with E-state index in [2.05, 4.69) is 31.8 Å². The van der Waals surface area contributed by atoms with E-state index in [4.69, 9.17) is 4.84 Å². The van der Waals surface area contributed by atoms with Gasteiger partial charge in [0.15, 0.2) is 5.13 Å². The standard InChI is InChI=1S/C17H14N6O2S/c1-10-14(26-17(19-2)21-10)13-12(8-18)9-20-16(22-13)23-25-15(24)11-6-4-3-5-7-11/h3-7,9H,1-2H3,(H,19,21)(H,20,22,23). The Kier molecular flexibility index (Phi) is 5.05. The highest BCUT2D eigenvalue weighted by Gasteiger charge is 2.17. The highest BCUT2D eigenvalue weighted by molar-refractivity contribution is 7.19. The molecular formula is C17H14N6O2S. The van der Waals surface area contributed by atoms with Gasteiger partial charge in [-0.05, 0) is 19.1 Å². The van der Waals surface area contributed by atoms with Crippen LogP contribution in [0.2, 0.25) is 0 Å². The van der Waals surface area contributed by atoms with E-state index in [0.717, 1.165) is 10.6 Å². The second kappa shape index (κ2) is 7.58. The third-order valence-corrected chi connectivity index (χ3v) is 4.56. The highest BCUT2D eigenvalue weighted by atomic mass is 32.1. The first-order valence-electron chi connectivity index (χ1n) is 7.57. The number of nitrogens with zero attached hydrogens (tertiary/aromatic N) is 4. The Labute approximate surface area is 153 Å². The highest BCUT2D eigenvalue weighted by Crippen LogP contribution is 2.33. The molecular weight excluding hydrogens is 352 g/mol. The van der Waals surface area contributed by atoms with Crippen LogP contribution >= 0.6 is 11.3 Å². The normalized spacial score (nSPS) is 10.0. The zero-order valence-electron chi connectivity index (χ0n) is 14.0. The van der Waals surface area contributed by atoms with Crippen molar-refractivity contribution in [2.24, 2.45) is 0 Å². The maximum atomic E-state index is 12.0. The minimum atomic E-state index is -0.563. The maximum Gasteiger partial charge on any atom is 0.362 e. The summed E-state index contributed by atoms with van der Waals surface area (Å²) in [5.41, 5.74) is 4.30. The van der Waals surface area contributed by atoms with E-state index >= 15 is 0 Å². The molecule has 26 heavy (non-hydrogen) atoms. The number of carbonyl (C=O) groups is 1. The fraction of sp³-hybridized carbons (Fsp3) is 0.118. The quantitative estimate of drug-likeness (QED) is 0.663. The molecule has 0 fully saturated rings. The Morgan fingerprint density at radius 1 is 1.27 bits per heavy atom. The summed E-state index contributed by atoms with van der Waals surface area (Å²) < 4.78 is 0. The van der Waals surface area contributed by atoms with Gasteiger partial charge in [-0.25, -0.2) is 19.7 Å². The second-order valence-corrected chi connectivity index (χ2v) is 6.11. The minimum Gasteiger partial charge on any atom is -0.365 e. The molecule has 3 aromatic rings. The van der Waals surface area contributed by atoms with Gasteiger partial charge in [-0.15, -0.1) is 0 Å². The fourth-order valence-corrected chi connectivity index (χ4v) is 3.06. The van der Waals surface area contributed by atoms with Crippen molar-refractivity contribution < 1.29 is 9.63 Å². The molecule has 9 heteroatoms. The number of aromatic nitrogens is 3. The lowest BCUT2D eigenvalue weighted by atomic mass is 10.2. The zero-order chi connectivity index (χ0) is 18.5. The summed E-state index contributed by atoms with van der Waals surface area (Å²) in [7, 11) is 1.77. The van der Waals surface area contributed by atoms with Gasteiger partial charge in [-0.2, -0.15) is 10.7 Å². The van der Waals surface area contributed by atoms with Gasteiger partial charge >= 0.3 is 5.97 Å². The number of aryl methyl sites for hydroxylation is 1. The van der Waals surface area contributed by atoms with Gasteiger partial charge in [-0.1, -0.05) is 29.5 Å². The maximum absolute atomic E-state index is 12.0. The van der Waals surface area contributed by atoms with E-state index in [1.807, 2.05) is 6.92 Å². The van der Waals surface area contributed by atoms with Gasteiger partial charge in [-0.3, -0.25) is 0 Å². The van der Waals surface area contributed by atoms with Crippen LogP contribution in [0.15, 0.2) is 36.5 Å². The van der Waals surface area contributed by atoms with E-state index in [1.54, 1.807) is 37.4 Å². The van der Waals surface area contributed by atoms with Crippen LogP contribution in [-0.2, 0) is 4.84 Å². The van der Waals surface area contributed by atoms with Crippen LogP contribution in [-0.4, -0.2) is 28.0 Å². The zero-order valence-corrected chi connectivity index (χ0v) is 14.8. The van der Waals surface area contributed by atoms with Gasteiger partial charge in [0.05, 0.1) is 27.9 Å². The summed E-state index contributed by atoms with van der Waals surface area (Å²) in [5.74, 6) is -0.492. The van der Waals surface area contributed by atoms with E-state index in [-0.39, 0.29) is 5.95 Å². The van der Waals surface area contributed by atoms with Crippen molar-refractivity contribution in [1.29, 1.82) is 5.26 Å². The van der Waals surface area contributed by atoms with Crippen molar-refractivity contribution in [3.05, 3.63) is 53.3 Å². The predicted octanol–water partition coefficient (Wildman–Crippen LogP) is 3.01. The summed E-state index contributed by atoms with van der Waals surface area (Å²) in [6.45, 7) is 1.83. The summed E-state index contributed by atoms with van der Waals surface area (Å²) in [6, 6.07) is 10.6. The molecule has 3 rings (SSSR count). The van der Waals surface area contributed by atoms with Gasteiger partial charge in [0.1, 0.15) is 11.8 Å². The largest absolute Gasteiger partial charge is 0.365 e. The molecule has 0 spiro atoms. The number of nitrogens with one attached hydrogen (secondary N) is 2. The number of carbonyl (C=O) groups excluding carboxylic acids is 1. The van der Waals surface area contributed by atoms with Gasteiger partial charge in [0, 0.05) is 7.05 Å². The molecule has 8 nitrogen and oxygen atoms in total.